The second-order valence-electron chi connectivity index (χ2n) is 5.63. The van der Waals surface area contributed by atoms with E-state index in [1.54, 1.807) is 56.5 Å². The fraction of sp³-hybridized carbons (Fsp3) is 0.222. The lowest BCUT2D eigenvalue weighted by Gasteiger charge is -2.10. The Morgan fingerprint density at radius 3 is 2.42 bits per heavy atom. The van der Waals surface area contributed by atoms with Gasteiger partial charge in [-0.05, 0) is 24.6 Å². The van der Waals surface area contributed by atoms with E-state index in [2.05, 4.69) is 15.2 Å². The lowest BCUT2D eigenvalue weighted by atomic mass is 10.2. The number of nitrogens with one attached hydrogen (secondary N) is 1. The van der Waals surface area contributed by atoms with Crippen molar-refractivity contribution in [2.24, 2.45) is 0 Å². The number of sulfone groups is 1. The molecule has 1 atom stereocenters. The average Bonchev–Trinajstić information content (AvgIpc) is 3.18. The first-order valence-electron chi connectivity index (χ1n) is 7.91. The first-order chi connectivity index (χ1) is 12.5. The van der Waals surface area contributed by atoms with Crippen molar-refractivity contribution in [3.8, 4) is 22.9 Å². The molecule has 3 aromatic rings. The number of aromatic amines is 1. The highest BCUT2D eigenvalue weighted by Crippen LogP contribution is 2.33. The van der Waals surface area contributed by atoms with Crippen molar-refractivity contribution in [2.45, 2.75) is 17.3 Å². The van der Waals surface area contributed by atoms with Gasteiger partial charge in [-0.15, -0.1) is 0 Å². The highest BCUT2D eigenvalue weighted by molar-refractivity contribution is 7.91. The maximum Gasteiger partial charge on any atom is 0.244 e. The van der Waals surface area contributed by atoms with E-state index in [0.29, 0.717) is 22.6 Å². The van der Waals surface area contributed by atoms with Crippen LogP contribution >= 0.6 is 0 Å². The van der Waals surface area contributed by atoms with Crippen molar-refractivity contribution in [3.05, 3.63) is 54.1 Å². The number of hydrogen-bond acceptors (Lipinski definition) is 6. The third kappa shape index (κ3) is 3.28. The number of H-pyrrole nitrogens is 1. The van der Waals surface area contributed by atoms with E-state index in [-0.39, 0.29) is 11.0 Å². The molecule has 0 aliphatic heterocycles. The molecule has 26 heavy (non-hydrogen) atoms. The molecule has 0 aliphatic rings. The van der Waals surface area contributed by atoms with Crippen molar-refractivity contribution >= 4 is 9.84 Å². The van der Waals surface area contributed by atoms with Gasteiger partial charge in [0, 0.05) is 6.07 Å². The van der Waals surface area contributed by atoms with Gasteiger partial charge in [0.15, 0.2) is 5.82 Å². The summed E-state index contributed by atoms with van der Waals surface area (Å²) in [7, 11) is -0.640. The molecular weight excluding hydrogens is 354 g/mol. The van der Waals surface area contributed by atoms with Crippen molar-refractivity contribution < 1.29 is 17.9 Å². The minimum absolute atomic E-state index is 0.179. The number of aromatic nitrogens is 3. The number of nitrogens with zero attached hydrogens (tertiary/aromatic N) is 2. The summed E-state index contributed by atoms with van der Waals surface area (Å²) in [4.78, 5) is 4.19. The van der Waals surface area contributed by atoms with Crippen molar-refractivity contribution in [1.82, 2.24) is 15.2 Å². The largest absolute Gasteiger partial charge is 0.497 e. The van der Waals surface area contributed by atoms with Crippen molar-refractivity contribution in [2.75, 3.05) is 14.2 Å². The van der Waals surface area contributed by atoms with Gasteiger partial charge in [0.2, 0.25) is 15.0 Å². The maximum absolute atomic E-state index is 12.8. The number of ether oxygens (including phenoxy) is 2. The molecule has 2 aromatic carbocycles. The molecule has 0 saturated heterocycles. The Balaban J connectivity index is 1.97. The number of methoxy groups -OCH3 is 2. The molecule has 7 nitrogen and oxygen atoms in total. The van der Waals surface area contributed by atoms with E-state index in [1.807, 2.05) is 6.07 Å². The summed E-state index contributed by atoms with van der Waals surface area (Å²) >= 11 is 0. The quantitative estimate of drug-likeness (QED) is 0.714. The first kappa shape index (κ1) is 17.9. The minimum Gasteiger partial charge on any atom is -0.497 e. The van der Waals surface area contributed by atoms with Gasteiger partial charge < -0.3 is 9.47 Å². The Morgan fingerprint density at radius 1 is 1.04 bits per heavy atom. The van der Waals surface area contributed by atoms with Gasteiger partial charge >= 0.3 is 0 Å². The van der Waals surface area contributed by atoms with Crippen LogP contribution in [0.3, 0.4) is 0 Å². The van der Waals surface area contributed by atoms with Gasteiger partial charge in [-0.3, -0.25) is 0 Å². The first-order valence-corrected chi connectivity index (χ1v) is 9.45. The molecule has 0 bridgehead atoms. The highest BCUT2D eigenvalue weighted by Gasteiger charge is 2.29. The standard InChI is InChI=1S/C18H19N3O4S/c1-12(13-7-5-4-6-8-13)26(22,23)18-19-17(20-21-18)15-10-9-14(24-2)11-16(15)25-3/h4-12H,1-3H3,(H,19,20,21). The van der Waals surface area contributed by atoms with Gasteiger partial charge in [-0.25, -0.2) is 13.5 Å². The third-order valence-corrected chi connectivity index (χ3v) is 6.04. The van der Waals surface area contributed by atoms with E-state index in [4.69, 9.17) is 9.47 Å². The maximum atomic E-state index is 12.8. The van der Waals surface area contributed by atoms with Crippen LogP contribution in [0.2, 0.25) is 0 Å². The van der Waals surface area contributed by atoms with Crippen LogP contribution in [0.25, 0.3) is 11.4 Å². The second kappa shape index (κ2) is 7.17. The van der Waals surface area contributed by atoms with Crippen molar-refractivity contribution in [3.63, 3.8) is 0 Å². The zero-order valence-corrected chi connectivity index (χ0v) is 15.4. The zero-order valence-electron chi connectivity index (χ0n) is 14.6. The molecular formula is C18H19N3O4S. The predicted molar refractivity (Wildman–Crippen MR) is 97.0 cm³/mol. The SMILES string of the molecule is COc1ccc(-c2n[nH]c(S(=O)(=O)C(C)c3ccccc3)n2)c(OC)c1. The van der Waals surface area contributed by atoms with Crippen LogP contribution in [0, 0.1) is 0 Å². The van der Waals surface area contributed by atoms with Crippen LogP contribution in [-0.4, -0.2) is 37.8 Å². The summed E-state index contributed by atoms with van der Waals surface area (Å²) in [5, 5.41) is 5.67. The van der Waals surface area contributed by atoms with E-state index >= 15 is 0 Å². The van der Waals surface area contributed by atoms with Gasteiger partial charge in [0.25, 0.3) is 0 Å². The molecule has 0 radical (unpaired) electrons. The minimum atomic E-state index is -3.71. The molecule has 8 heteroatoms. The predicted octanol–water partition coefficient (Wildman–Crippen LogP) is 3.02. The normalized spacial score (nSPS) is 12.6. The molecule has 1 unspecified atom stereocenters. The molecule has 0 aliphatic carbocycles. The summed E-state index contributed by atoms with van der Waals surface area (Å²) in [6.45, 7) is 1.63. The monoisotopic (exact) mass is 373 g/mol. The van der Waals surface area contributed by atoms with Gasteiger partial charge in [-0.1, -0.05) is 30.3 Å². The van der Waals surface area contributed by atoms with E-state index < -0.39 is 15.1 Å². The van der Waals surface area contributed by atoms with Crippen LogP contribution in [0.5, 0.6) is 11.5 Å². The number of benzene rings is 2. The van der Waals surface area contributed by atoms with E-state index in [0.717, 1.165) is 0 Å². The highest BCUT2D eigenvalue weighted by atomic mass is 32.2. The summed E-state index contributed by atoms with van der Waals surface area (Å²) in [5.41, 5.74) is 1.26. The van der Waals surface area contributed by atoms with E-state index in [1.165, 1.54) is 7.11 Å². The van der Waals surface area contributed by atoms with Crippen LogP contribution in [0.1, 0.15) is 17.7 Å². The van der Waals surface area contributed by atoms with E-state index in [9.17, 15) is 8.42 Å². The lowest BCUT2D eigenvalue weighted by molar-refractivity contribution is 0.395. The summed E-state index contributed by atoms with van der Waals surface area (Å²) in [6.07, 6.45) is 0. The summed E-state index contributed by atoms with van der Waals surface area (Å²) in [5.74, 6) is 1.35. The number of rotatable bonds is 6. The zero-order chi connectivity index (χ0) is 18.7. The molecule has 136 valence electrons. The van der Waals surface area contributed by atoms with Gasteiger partial charge in [-0.2, -0.15) is 10.1 Å². The molecule has 3 rings (SSSR count). The molecule has 0 spiro atoms. The van der Waals surface area contributed by atoms with Crippen LogP contribution in [0.4, 0.5) is 0 Å². The van der Waals surface area contributed by atoms with Crippen LogP contribution < -0.4 is 9.47 Å². The third-order valence-electron chi connectivity index (χ3n) is 4.12. The lowest BCUT2D eigenvalue weighted by Crippen LogP contribution is -2.12. The Labute approximate surface area is 151 Å². The summed E-state index contributed by atoms with van der Waals surface area (Å²) < 4.78 is 36.2. The number of hydrogen-bond donors (Lipinski definition) is 1. The molecule has 1 heterocycles. The fourth-order valence-corrected chi connectivity index (χ4v) is 3.79. The Kier molecular flexibility index (Phi) is 4.94. The topological polar surface area (TPSA) is 94.2 Å². The van der Waals surface area contributed by atoms with Gasteiger partial charge in [0.1, 0.15) is 11.5 Å². The fourth-order valence-electron chi connectivity index (χ4n) is 2.55. The molecule has 1 aromatic heterocycles. The Bertz CT molecular complexity index is 1000. The van der Waals surface area contributed by atoms with Crippen LogP contribution in [-0.2, 0) is 9.84 Å². The second-order valence-corrected chi connectivity index (χ2v) is 7.81. The Hall–Kier alpha value is -2.87. The average molecular weight is 373 g/mol. The smallest absolute Gasteiger partial charge is 0.244 e. The van der Waals surface area contributed by atoms with Crippen LogP contribution in [0.15, 0.2) is 53.7 Å². The molecule has 0 saturated carbocycles. The van der Waals surface area contributed by atoms with Gasteiger partial charge in [0.05, 0.1) is 25.0 Å². The Morgan fingerprint density at radius 2 is 1.77 bits per heavy atom. The molecule has 0 amide bonds. The molecule has 0 fully saturated rings. The van der Waals surface area contributed by atoms with Crippen molar-refractivity contribution in [1.29, 1.82) is 0 Å². The summed E-state index contributed by atoms with van der Waals surface area (Å²) in [6, 6.07) is 14.1. The molecule has 1 N–H and O–H groups in total.